The van der Waals surface area contributed by atoms with Crippen molar-refractivity contribution >= 4 is 35.7 Å². The highest BCUT2D eigenvalue weighted by Gasteiger charge is 2.40. The fourth-order valence-corrected chi connectivity index (χ4v) is 6.09. The molecule has 3 heterocycles. The van der Waals surface area contributed by atoms with E-state index in [1.807, 2.05) is 0 Å². The molecule has 17 heteroatoms. The number of hydrogen-bond acceptors (Lipinski definition) is 9. The van der Waals surface area contributed by atoms with Crippen molar-refractivity contribution < 1.29 is 47.7 Å². The molecular weight excluding hydrogens is 657 g/mol. The fraction of sp³-hybridized carbons (Fsp3) is 0.545. The van der Waals surface area contributed by atoms with Gasteiger partial charge in [0.1, 0.15) is 17.9 Å². The topological polar surface area (TPSA) is 184 Å². The van der Waals surface area contributed by atoms with Crippen LogP contribution in [0.3, 0.4) is 0 Å². The summed E-state index contributed by atoms with van der Waals surface area (Å²) in [6, 6.07) is 4.92. The number of amides is 5. The number of carbonyl (C=O) groups excluding carboxylic acids is 5. The molecule has 50 heavy (non-hydrogen) atoms. The number of ether oxygens (including phenoxy) is 2. The van der Waals surface area contributed by atoms with Gasteiger partial charge in [-0.25, -0.2) is 13.9 Å². The summed E-state index contributed by atoms with van der Waals surface area (Å²) in [5.74, 6) is -3.75. The zero-order valence-electron chi connectivity index (χ0n) is 28.1. The Balaban J connectivity index is 1.30. The molecular formula is C33H42FN7O9. The van der Waals surface area contributed by atoms with Crippen molar-refractivity contribution in [2.45, 2.75) is 63.6 Å². The van der Waals surface area contributed by atoms with Gasteiger partial charge in [0, 0.05) is 58.3 Å². The second-order valence-corrected chi connectivity index (χ2v) is 12.4. The second-order valence-electron chi connectivity index (χ2n) is 12.4. The number of carboxylic acids is 1. The lowest BCUT2D eigenvalue weighted by molar-refractivity contribution is -0.144. The molecule has 2 N–H and O–H groups in total. The molecule has 5 amide bonds. The molecule has 1 aromatic carbocycles. The van der Waals surface area contributed by atoms with Gasteiger partial charge in [-0.3, -0.25) is 24.0 Å². The van der Waals surface area contributed by atoms with Gasteiger partial charge in [0.2, 0.25) is 17.7 Å². The number of aromatic nitrogens is 2. The van der Waals surface area contributed by atoms with Gasteiger partial charge in [0.15, 0.2) is 12.3 Å². The first-order chi connectivity index (χ1) is 24.0. The molecule has 2 aromatic rings. The Morgan fingerprint density at radius 2 is 1.76 bits per heavy atom. The van der Waals surface area contributed by atoms with Gasteiger partial charge in [-0.05, 0) is 57.2 Å². The van der Waals surface area contributed by atoms with Crippen LogP contribution in [0.4, 0.5) is 9.18 Å². The predicted octanol–water partition coefficient (Wildman–Crippen LogP) is 1.27. The third-order valence-electron chi connectivity index (χ3n) is 8.97. The fourth-order valence-electron chi connectivity index (χ4n) is 6.09. The third kappa shape index (κ3) is 8.67. The third-order valence-corrected chi connectivity index (χ3v) is 8.97. The smallest absolute Gasteiger partial charge is 0.409 e. The largest absolute Gasteiger partial charge is 0.481 e. The van der Waals surface area contributed by atoms with E-state index in [2.05, 4.69) is 10.4 Å². The molecule has 1 aliphatic carbocycles. The van der Waals surface area contributed by atoms with Crippen molar-refractivity contribution in [1.82, 2.24) is 34.7 Å². The van der Waals surface area contributed by atoms with E-state index in [0.717, 1.165) is 23.6 Å². The highest BCUT2D eigenvalue weighted by molar-refractivity contribution is 5.96. The summed E-state index contributed by atoms with van der Waals surface area (Å²) in [5, 5.41) is 16.2. The van der Waals surface area contributed by atoms with Crippen LogP contribution in [0.2, 0.25) is 0 Å². The number of piperazine rings is 1. The number of rotatable bonds is 13. The minimum absolute atomic E-state index is 0.0743. The standard InChI is InChI=1S/C33H42FN7O9/c1-3-49-33(48)39-16-14-38(15-17-39)31(46)24(11-12-29(43)44)35-30(45)25-19-28(41(36-25)23-7-4-6-21(34)18-23)50-20-27(42)40-13-5-8-26(40)32(47)37(2)22-9-10-22/h4,6-7,18-19,22,24,26H,3,5,8-17,20H2,1-2H3,(H,35,45)(H,43,44)/t24-,26-/m0/s1. The van der Waals surface area contributed by atoms with Crippen LogP contribution in [0.25, 0.3) is 5.69 Å². The molecule has 1 aromatic heterocycles. The Bertz CT molecular complexity index is 1610. The van der Waals surface area contributed by atoms with E-state index < -0.39 is 60.7 Å². The maximum absolute atomic E-state index is 14.2. The van der Waals surface area contributed by atoms with E-state index >= 15 is 0 Å². The lowest BCUT2D eigenvalue weighted by Gasteiger charge is -2.35. The number of nitrogens with zero attached hydrogens (tertiary/aromatic N) is 6. The summed E-state index contributed by atoms with van der Waals surface area (Å²) in [6.07, 6.45) is 1.95. The lowest BCUT2D eigenvalue weighted by Crippen LogP contribution is -2.56. The van der Waals surface area contributed by atoms with Gasteiger partial charge in [-0.2, -0.15) is 5.10 Å². The van der Waals surface area contributed by atoms with Crippen molar-refractivity contribution in [3.05, 3.63) is 41.8 Å². The number of carbonyl (C=O) groups is 6. The van der Waals surface area contributed by atoms with Crippen LogP contribution in [0, 0.1) is 5.82 Å². The number of nitrogens with one attached hydrogen (secondary N) is 1. The number of likely N-dealkylation sites (tertiary alicyclic amines) is 1. The average molecular weight is 700 g/mol. The molecule has 1 saturated carbocycles. The first-order valence-electron chi connectivity index (χ1n) is 16.7. The first kappa shape index (κ1) is 36.1. The van der Waals surface area contributed by atoms with Crippen molar-refractivity contribution in [2.24, 2.45) is 0 Å². The molecule has 2 aliphatic heterocycles. The minimum atomic E-state index is -1.24. The van der Waals surface area contributed by atoms with Crippen LogP contribution in [0.5, 0.6) is 5.88 Å². The Hall–Kier alpha value is -5.22. The Morgan fingerprint density at radius 3 is 2.42 bits per heavy atom. The summed E-state index contributed by atoms with van der Waals surface area (Å²) >= 11 is 0. The highest BCUT2D eigenvalue weighted by Crippen LogP contribution is 2.29. The van der Waals surface area contributed by atoms with Gasteiger partial charge < -0.3 is 39.5 Å². The SMILES string of the molecule is CCOC(=O)N1CCN(C(=O)[C@H](CCC(=O)O)NC(=O)c2cc(OCC(=O)N3CCC[C@H]3C(=O)N(C)C3CC3)n(-c3cccc(F)c3)n2)CC1. The average Bonchev–Trinajstić information content (AvgIpc) is 3.67. The van der Waals surface area contributed by atoms with Gasteiger partial charge in [-0.15, -0.1) is 0 Å². The summed E-state index contributed by atoms with van der Waals surface area (Å²) in [6.45, 7) is 2.49. The molecule has 5 rings (SSSR count). The molecule has 0 bridgehead atoms. The first-order valence-corrected chi connectivity index (χ1v) is 16.7. The number of benzene rings is 1. The number of likely N-dealkylation sites (N-methyl/N-ethyl adjacent to an activating group) is 1. The summed E-state index contributed by atoms with van der Waals surface area (Å²) in [4.78, 5) is 83.0. The summed E-state index contributed by atoms with van der Waals surface area (Å²) in [5.41, 5.74) is -0.0537. The molecule has 2 atom stereocenters. The molecule has 3 fully saturated rings. The molecule has 16 nitrogen and oxygen atoms in total. The van der Waals surface area contributed by atoms with E-state index in [9.17, 15) is 38.3 Å². The second kappa shape index (κ2) is 16.0. The molecule has 0 spiro atoms. The van der Waals surface area contributed by atoms with Crippen LogP contribution < -0.4 is 10.1 Å². The van der Waals surface area contributed by atoms with Gasteiger partial charge in [-0.1, -0.05) is 6.07 Å². The maximum Gasteiger partial charge on any atom is 0.409 e. The van der Waals surface area contributed by atoms with Crippen LogP contribution in [0.15, 0.2) is 30.3 Å². The van der Waals surface area contributed by atoms with E-state index in [1.165, 1.54) is 39.0 Å². The zero-order chi connectivity index (χ0) is 35.9. The Labute approximate surface area is 288 Å². The van der Waals surface area contributed by atoms with E-state index in [0.29, 0.717) is 19.4 Å². The van der Waals surface area contributed by atoms with Crippen molar-refractivity contribution in [2.75, 3.05) is 53.0 Å². The van der Waals surface area contributed by atoms with Gasteiger partial charge in [0.25, 0.3) is 11.8 Å². The van der Waals surface area contributed by atoms with Crippen LogP contribution in [-0.2, 0) is 23.9 Å². The van der Waals surface area contributed by atoms with Crippen LogP contribution in [0.1, 0.15) is 55.9 Å². The van der Waals surface area contributed by atoms with Gasteiger partial charge >= 0.3 is 12.1 Å². The van der Waals surface area contributed by atoms with E-state index in [-0.39, 0.29) is 68.4 Å². The summed E-state index contributed by atoms with van der Waals surface area (Å²) in [7, 11) is 1.74. The molecule has 0 radical (unpaired) electrons. The van der Waals surface area contributed by atoms with Crippen LogP contribution >= 0.6 is 0 Å². The van der Waals surface area contributed by atoms with Crippen molar-refractivity contribution in [1.29, 1.82) is 0 Å². The molecule has 270 valence electrons. The number of carboxylic acid groups (broad SMARTS) is 1. The predicted molar refractivity (Wildman–Crippen MR) is 173 cm³/mol. The lowest BCUT2D eigenvalue weighted by atomic mass is 10.1. The molecule has 2 saturated heterocycles. The number of aliphatic carboxylic acids is 1. The quantitative estimate of drug-likeness (QED) is 0.309. The Morgan fingerprint density at radius 1 is 1.04 bits per heavy atom. The van der Waals surface area contributed by atoms with Crippen molar-refractivity contribution in [3.63, 3.8) is 0 Å². The highest BCUT2D eigenvalue weighted by atomic mass is 19.1. The van der Waals surface area contributed by atoms with E-state index in [1.54, 1.807) is 18.9 Å². The van der Waals surface area contributed by atoms with E-state index in [4.69, 9.17) is 9.47 Å². The zero-order valence-corrected chi connectivity index (χ0v) is 28.1. The number of hydrogen-bond donors (Lipinski definition) is 2. The maximum atomic E-state index is 14.2. The minimum Gasteiger partial charge on any atom is -0.481 e. The molecule has 0 unspecified atom stereocenters. The van der Waals surface area contributed by atoms with Crippen molar-refractivity contribution in [3.8, 4) is 11.6 Å². The number of halogens is 1. The summed E-state index contributed by atoms with van der Waals surface area (Å²) < 4.78 is 26.2. The Kier molecular flexibility index (Phi) is 11.5. The normalized spacial score (nSPS) is 18.0. The van der Waals surface area contributed by atoms with Gasteiger partial charge in [0.05, 0.1) is 12.3 Å². The monoisotopic (exact) mass is 699 g/mol. The van der Waals surface area contributed by atoms with Crippen LogP contribution in [-0.4, -0.2) is 141 Å². The molecule has 3 aliphatic rings.